The Kier molecular flexibility index (Phi) is 6.65. The summed E-state index contributed by atoms with van der Waals surface area (Å²) < 4.78 is 0. The largest absolute Gasteiger partial charge is 0.349 e. The fraction of sp³-hybridized carbons (Fsp3) is 0.625. The molecule has 0 aromatic carbocycles. The van der Waals surface area contributed by atoms with Gasteiger partial charge in [-0.1, -0.05) is 26.7 Å². The van der Waals surface area contributed by atoms with Gasteiger partial charge in [-0.05, 0) is 37.5 Å². The summed E-state index contributed by atoms with van der Waals surface area (Å²) in [6.45, 7) is 6.59. The van der Waals surface area contributed by atoms with Crippen molar-refractivity contribution in [2.45, 2.75) is 52.5 Å². The van der Waals surface area contributed by atoms with Crippen molar-refractivity contribution in [2.24, 2.45) is 11.1 Å². The van der Waals surface area contributed by atoms with Gasteiger partial charge in [0.05, 0.1) is 11.5 Å². The Hall–Kier alpha value is -1.42. The highest BCUT2D eigenvalue weighted by Crippen LogP contribution is 2.30. The smallest absolute Gasteiger partial charge is 0.227 e. The number of amides is 1. The van der Waals surface area contributed by atoms with E-state index in [0.29, 0.717) is 6.54 Å². The van der Waals surface area contributed by atoms with E-state index in [1.54, 1.807) is 12.4 Å². The highest BCUT2D eigenvalue weighted by molar-refractivity contribution is 5.83. The zero-order valence-electron chi connectivity index (χ0n) is 12.9. The number of nitrogens with zero attached hydrogens (tertiary/aromatic N) is 1. The first-order chi connectivity index (χ1) is 9.59. The van der Waals surface area contributed by atoms with Gasteiger partial charge in [-0.3, -0.25) is 9.78 Å². The molecule has 0 saturated carbocycles. The van der Waals surface area contributed by atoms with Gasteiger partial charge in [-0.25, -0.2) is 0 Å². The molecule has 0 aliphatic carbocycles. The molecule has 4 heteroatoms. The molecule has 1 rings (SSSR count). The van der Waals surface area contributed by atoms with Crippen LogP contribution in [0.5, 0.6) is 0 Å². The van der Waals surface area contributed by atoms with Gasteiger partial charge in [0, 0.05) is 18.9 Å². The molecule has 1 unspecified atom stereocenters. The van der Waals surface area contributed by atoms with Crippen molar-refractivity contribution in [2.75, 3.05) is 6.54 Å². The Balaban J connectivity index is 2.80. The van der Waals surface area contributed by atoms with E-state index in [-0.39, 0.29) is 11.9 Å². The molecule has 112 valence electrons. The van der Waals surface area contributed by atoms with Gasteiger partial charge >= 0.3 is 0 Å². The molecule has 20 heavy (non-hydrogen) atoms. The van der Waals surface area contributed by atoms with Crippen molar-refractivity contribution in [3.63, 3.8) is 0 Å². The summed E-state index contributed by atoms with van der Waals surface area (Å²) in [5.74, 6) is 0.0769. The quantitative estimate of drug-likeness (QED) is 0.767. The lowest BCUT2D eigenvalue weighted by atomic mass is 9.78. The number of carbonyl (C=O) groups excluding carboxylic acids is 1. The average Bonchev–Trinajstić information content (AvgIpc) is 2.47. The van der Waals surface area contributed by atoms with Crippen LogP contribution >= 0.6 is 0 Å². The van der Waals surface area contributed by atoms with Crippen LogP contribution < -0.4 is 11.1 Å². The lowest BCUT2D eigenvalue weighted by Gasteiger charge is -2.32. The number of hydrogen-bond acceptors (Lipinski definition) is 3. The number of hydrogen-bond donors (Lipinski definition) is 2. The van der Waals surface area contributed by atoms with E-state index in [1.165, 1.54) is 0 Å². The molecule has 0 saturated heterocycles. The lowest BCUT2D eigenvalue weighted by Crippen LogP contribution is -2.46. The summed E-state index contributed by atoms with van der Waals surface area (Å²) in [6.07, 6.45) is 7.10. The molecule has 0 fully saturated rings. The molecule has 0 spiro atoms. The fourth-order valence-electron chi connectivity index (χ4n) is 2.69. The molecule has 1 aromatic rings. The molecule has 0 bridgehead atoms. The van der Waals surface area contributed by atoms with E-state index in [4.69, 9.17) is 5.73 Å². The number of carbonyl (C=O) groups is 1. The second-order valence-corrected chi connectivity index (χ2v) is 5.46. The van der Waals surface area contributed by atoms with Crippen LogP contribution in [0.3, 0.4) is 0 Å². The van der Waals surface area contributed by atoms with Crippen molar-refractivity contribution in [1.29, 1.82) is 0 Å². The number of nitrogens with two attached hydrogens (primary N) is 1. The number of rotatable bonds is 8. The monoisotopic (exact) mass is 277 g/mol. The number of pyridine rings is 1. The summed E-state index contributed by atoms with van der Waals surface area (Å²) in [5.41, 5.74) is 6.56. The van der Waals surface area contributed by atoms with Crippen molar-refractivity contribution in [1.82, 2.24) is 10.3 Å². The summed E-state index contributed by atoms with van der Waals surface area (Å²) in [5, 5.41) is 3.11. The summed E-state index contributed by atoms with van der Waals surface area (Å²) >= 11 is 0. The van der Waals surface area contributed by atoms with Crippen LogP contribution in [0, 0.1) is 5.41 Å². The van der Waals surface area contributed by atoms with Crippen LogP contribution in [0.25, 0.3) is 0 Å². The van der Waals surface area contributed by atoms with E-state index in [0.717, 1.165) is 31.2 Å². The third-order valence-corrected chi connectivity index (χ3v) is 3.88. The topological polar surface area (TPSA) is 68.0 Å². The maximum absolute atomic E-state index is 12.7. The van der Waals surface area contributed by atoms with Crippen LogP contribution in [0.2, 0.25) is 0 Å². The standard InChI is InChI=1S/C16H27N3O/c1-4-8-16(12-17,9-5-2)15(20)19-13(3)14-6-10-18-11-7-14/h6-7,10-11,13H,4-5,8-9,12,17H2,1-3H3,(H,19,20). The van der Waals surface area contributed by atoms with Crippen molar-refractivity contribution in [3.8, 4) is 0 Å². The maximum atomic E-state index is 12.7. The minimum Gasteiger partial charge on any atom is -0.349 e. The van der Waals surface area contributed by atoms with Crippen LogP contribution in [0.1, 0.15) is 58.1 Å². The number of aromatic nitrogens is 1. The third kappa shape index (κ3) is 4.04. The Labute approximate surface area is 122 Å². The van der Waals surface area contributed by atoms with E-state index in [1.807, 2.05) is 19.1 Å². The van der Waals surface area contributed by atoms with E-state index < -0.39 is 5.41 Å². The molecule has 1 heterocycles. The van der Waals surface area contributed by atoms with Crippen molar-refractivity contribution in [3.05, 3.63) is 30.1 Å². The first-order valence-electron chi connectivity index (χ1n) is 7.50. The summed E-state index contributed by atoms with van der Waals surface area (Å²) in [6, 6.07) is 3.83. The normalized spacial score (nSPS) is 13.0. The van der Waals surface area contributed by atoms with Crippen LogP contribution in [-0.4, -0.2) is 17.4 Å². The molecule has 0 radical (unpaired) electrons. The Morgan fingerprint density at radius 2 is 1.85 bits per heavy atom. The molecule has 1 aromatic heterocycles. The zero-order chi connectivity index (χ0) is 15.0. The van der Waals surface area contributed by atoms with Crippen LogP contribution in [0.4, 0.5) is 0 Å². The van der Waals surface area contributed by atoms with Gasteiger partial charge in [0.2, 0.25) is 5.91 Å². The van der Waals surface area contributed by atoms with Gasteiger partial charge in [-0.2, -0.15) is 0 Å². The van der Waals surface area contributed by atoms with Crippen molar-refractivity contribution < 1.29 is 4.79 Å². The second-order valence-electron chi connectivity index (χ2n) is 5.46. The molecule has 1 amide bonds. The van der Waals surface area contributed by atoms with Gasteiger partial charge < -0.3 is 11.1 Å². The Morgan fingerprint density at radius 3 is 2.30 bits per heavy atom. The molecule has 3 N–H and O–H groups in total. The Morgan fingerprint density at radius 1 is 1.30 bits per heavy atom. The van der Waals surface area contributed by atoms with Crippen LogP contribution in [-0.2, 0) is 4.79 Å². The molecule has 4 nitrogen and oxygen atoms in total. The molecular weight excluding hydrogens is 250 g/mol. The SMILES string of the molecule is CCCC(CN)(CCC)C(=O)NC(C)c1ccncc1. The third-order valence-electron chi connectivity index (χ3n) is 3.88. The van der Waals surface area contributed by atoms with Crippen LogP contribution in [0.15, 0.2) is 24.5 Å². The minimum absolute atomic E-state index is 0.0230. The fourth-order valence-corrected chi connectivity index (χ4v) is 2.69. The van der Waals surface area contributed by atoms with Gasteiger partial charge in [0.25, 0.3) is 0 Å². The average molecular weight is 277 g/mol. The Bertz CT molecular complexity index is 399. The minimum atomic E-state index is -0.426. The zero-order valence-corrected chi connectivity index (χ0v) is 12.9. The van der Waals surface area contributed by atoms with E-state index in [9.17, 15) is 4.79 Å². The second kappa shape index (κ2) is 8.00. The molecular formula is C16H27N3O. The number of nitrogens with one attached hydrogen (secondary N) is 1. The predicted octanol–water partition coefficient (Wildman–Crippen LogP) is 2.80. The first kappa shape index (κ1) is 16.6. The predicted molar refractivity (Wildman–Crippen MR) is 82.1 cm³/mol. The van der Waals surface area contributed by atoms with E-state index >= 15 is 0 Å². The van der Waals surface area contributed by atoms with Crippen molar-refractivity contribution >= 4 is 5.91 Å². The van der Waals surface area contributed by atoms with E-state index in [2.05, 4.69) is 24.1 Å². The molecule has 0 aliphatic heterocycles. The van der Waals surface area contributed by atoms with Gasteiger partial charge in [0.15, 0.2) is 0 Å². The summed E-state index contributed by atoms with van der Waals surface area (Å²) in [7, 11) is 0. The highest BCUT2D eigenvalue weighted by Gasteiger charge is 2.35. The van der Waals surface area contributed by atoms with Gasteiger partial charge in [0.1, 0.15) is 0 Å². The van der Waals surface area contributed by atoms with Gasteiger partial charge in [-0.15, -0.1) is 0 Å². The molecule has 1 atom stereocenters. The molecule has 0 aliphatic rings. The maximum Gasteiger partial charge on any atom is 0.227 e. The highest BCUT2D eigenvalue weighted by atomic mass is 16.2. The summed E-state index contributed by atoms with van der Waals surface area (Å²) in [4.78, 5) is 16.7. The first-order valence-corrected chi connectivity index (χ1v) is 7.50. The lowest BCUT2D eigenvalue weighted by molar-refractivity contribution is -0.132.